The van der Waals surface area contributed by atoms with E-state index in [9.17, 15) is 19.2 Å². The van der Waals surface area contributed by atoms with Crippen LogP contribution in [0, 0.1) is 5.92 Å². The van der Waals surface area contributed by atoms with Crippen molar-refractivity contribution >= 4 is 23.9 Å². The standard InChI is InChI=1S/C6H10N4O4/c1-2(3(11)9-5(7)13)4(12)10-6(8)14/h2H,1H3,(H3,7,9,11,13)(H3,8,10,12,14). The molecule has 8 nitrogen and oxygen atoms in total. The predicted molar refractivity (Wildman–Crippen MR) is 44.6 cm³/mol. The van der Waals surface area contributed by atoms with Crippen LogP contribution in [0.15, 0.2) is 0 Å². The average Bonchev–Trinajstić information content (AvgIpc) is 2.00. The Hall–Kier alpha value is -2.12. The summed E-state index contributed by atoms with van der Waals surface area (Å²) in [5.41, 5.74) is 9.28. The number of nitrogens with two attached hydrogens (primary N) is 2. The topological polar surface area (TPSA) is 144 Å². The highest BCUT2D eigenvalue weighted by Crippen LogP contribution is 1.93. The first-order chi connectivity index (χ1) is 6.34. The molecule has 0 aromatic carbocycles. The van der Waals surface area contributed by atoms with Crippen LogP contribution in [0.25, 0.3) is 0 Å². The van der Waals surface area contributed by atoms with E-state index in [-0.39, 0.29) is 0 Å². The van der Waals surface area contributed by atoms with Crippen LogP contribution < -0.4 is 22.1 Å². The number of hydrogen-bond donors (Lipinski definition) is 4. The van der Waals surface area contributed by atoms with Crippen molar-refractivity contribution in [3.63, 3.8) is 0 Å². The van der Waals surface area contributed by atoms with Gasteiger partial charge in [-0.15, -0.1) is 0 Å². The lowest BCUT2D eigenvalue weighted by atomic mass is 10.1. The molecule has 0 aromatic heterocycles. The molecule has 0 saturated carbocycles. The smallest absolute Gasteiger partial charge is 0.318 e. The van der Waals surface area contributed by atoms with Gasteiger partial charge in [-0.3, -0.25) is 20.2 Å². The molecule has 14 heavy (non-hydrogen) atoms. The van der Waals surface area contributed by atoms with Gasteiger partial charge in [-0.2, -0.15) is 0 Å². The third-order valence-electron chi connectivity index (χ3n) is 1.28. The van der Waals surface area contributed by atoms with E-state index < -0.39 is 29.8 Å². The summed E-state index contributed by atoms with van der Waals surface area (Å²) in [5, 5.41) is 3.37. The molecule has 0 saturated heterocycles. The second-order valence-corrected chi connectivity index (χ2v) is 2.43. The molecule has 78 valence electrons. The van der Waals surface area contributed by atoms with E-state index in [2.05, 4.69) is 11.5 Å². The number of amides is 6. The molecule has 0 aromatic rings. The summed E-state index contributed by atoms with van der Waals surface area (Å²) in [6, 6.07) is -2.15. The highest BCUT2D eigenvalue weighted by molar-refractivity contribution is 6.09. The van der Waals surface area contributed by atoms with Crippen molar-refractivity contribution < 1.29 is 19.2 Å². The lowest BCUT2D eigenvalue weighted by molar-refractivity contribution is -0.133. The fourth-order valence-corrected chi connectivity index (χ4v) is 0.578. The van der Waals surface area contributed by atoms with Crippen LogP contribution >= 0.6 is 0 Å². The minimum Gasteiger partial charge on any atom is -0.351 e. The van der Waals surface area contributed by atoms with Crippen molar-refractivity contribution in [1.82, 2.24) is 10.6 Å². The van der Waals surface area contributed by atoms with Gasteiger partial charge >= 0.3 is 12.1 Å². The van der Waals surface area contributed by atoms with Crippen molar-refractivity contribution in [1.29, 1.82) is 0 Å². The molecular weight excluding hydrogens is 192 g/mol. The molecule has 0 rings (SSSR count). The summed E-state index contributed by atoms with van der Waals surface area (Å²) in [6.07, 6.45) is 0. The van der Waals surface area contributed by atoms with Crippen LogP contribution in [0.4, 0.5) is 9.59 Å². The largest absolute Gasteiger partial charge is 0.351 e. The van der Waals surface area contributed by atoms with Gasteiger partial charge in [-0.05, 0) is 6.92 Å². The molecule has 0 spiro atoms. The number of carbonyl (C=O) groups excluding carboxylic acids is 4. The summed E-state index contributed by atoms with van der Waals surface area (Å²) in [6.45, 7) is 1.19. The quantitative estimate of drug-likeness (QED) is 0.384. The fourth-order valence-electron chi connectivity index (χ4n) is 0.578. The van der Waals surface area contributed by atoms with Crippen LogP contribution in [0.3, 0.4) is 0 Å². The lowest BCUT2D eigenvalue weighted by Gasteiger charge is -2.08. The van der Waals surface area contributed by atoms with Crippen LogP contribution in [0.1, 0.15) is 6.92 Å². The Bertz CT molecular complexity index is 260. The number of urea groups is 2. The van der Waals surface area contributed by atoms with Gasteiger partial charge in [0.2, 0.25) is 11.8 Å². The monoisotopic (exact) mass is 202 g/mol. The second-order valence-electron chi connectivity index (χ2n) is 2.43. The number of primary amides is 2. The SMILES string of the molecule is CC(C(=O)NC(N)=O)C(=O)NC(N)=O. The van der Waals surface area contributed by atoms with Gasteiger partial charge in [-0.25, -0.2) is 9.59 Å². The number of nitrogens with one attached hydrogen (secondary N) is 2. The zero-order valence-electron chi connectivity index (χ0n) is 7.37. The van der Waals surface area contributed by atoms with E-state index in [0.717, 1.165) is 0 Å². The molecule has 0 aliphatic heterocycles. The Labute approximate surface area is 79.0 Å². The van der Waals surface area contributed by atoms with Crippen molar-refractivity contribution in [2.45, 2.75) is 6.92 Å². The van der Waals surface area contributed by atoms with Gasteiger partial charge in [0.1, 0.15) is 5.92 Å². The van der Waals surface area contributed by atoms with Gasteiger partial charge in [0, 0.05) is 0 Å². The fraction of sp³-hybridized carbons (Fsp3) is 0.333. The first-order valence-electron chi connectivity index (χ1n) is 3.55. The summed E-state index contributed by atoms with van der Waals surface area (Å²) in [5.74, 6) is -3.04. The van der Waals surface area contributed by atoms with E-state index >= 15 is 0 Å². The maximum atomic E-state index is 11.0. The van der Waals surface area contributed by atoms with Crippen molar-refractivity contribution in [2.24, 2.45) is 17.4 Å². The number of carbonyl (C=O) groups is 4. The summed E-state index contributed by atoms with van der Waals surface area (Å²) < 4.78 is 0. The molecule has 0 atom stereocenters. The Morgan fingerprint density at radius 3 is 1.43 bits per heavy atom. The van der Waals surface area contributed by atoms with Crippen LogP contribution in [0.5, 0.6) is 0 Å². The maximum absolute atomic E-state index is 11.0. The van der Waals surface area contributed by atoms with Crippen LogP contribution in [-0.4, -0.2) is 23.9 Å². The second kappa shape index (κ2) is 4.80. The van der Waals surface area contributed by atoms with Crippen LogP contribution in [-0.2, 0) is 9.59 Å². The van der Waals surface area contributed by atoms with Crippen molar-refractivity contribution in [3.05, 3.63) is 0 Å². The highest BCUT2D eigenvalue weighted by Gasteiger charge is 2.23. The van der Waals surface area contributed by atoms with E-state index in [4.69, 9.17) is 0 Å². The Balaban J connectivity index is 4.24. The molecule has 0 radical (unpaired) electrons. The molecule has 0 heterocycles. The Kier molecular flexibility index (Phi) is 4.07. The third kappa shape index (κ3) is 4.04. The molecule has 0 unspecified atom stereocenters. The zero-order chi connectivity index (χ0) is 11.3. The predicted octanol–water partition coefficient (Wildman–Crippen LogP) is -1.99. The number of hydrogen-bond acceptors (Lipinski definition) is 4. The normalized spacial score (nSPS) is 9.29. The van der Waals surface area contributed by atoms with Crippen molar-refractivity contribution in [3.8, 4) is 0 Å². The molecule has 0 fully saturated rings. The minimum atomic E-state index is -1.23. The molecule has 8 heteroatoms. The van der Waals surface area contributed by atoms with E-state index in [0.29, 0.717) is 0 Å². The Morgan fingerprint density at radius 2 is 1.21 bits per heavy atom. The van der Waals surface area contributed by atoms with E-state index in [1.165, 1.54) is 6.92 Å². The first kappa shape index (κ1) is 11.9. The highest BCUT2D eigenvalue weighted by atomic mass is 16.2. The zero-order valence-corrected chi connectivity index (χ0v) is 7.37. The third-order valence-corrected chi connectivity index (χ3v) is 1.28. The van der Waals surface area contributed by atoms with E-state index in [1.807, 2.05) is 0 Å². The van der Waals surface area contributed by atoms with E-state index in [1.54, 1.807) is 10.6 Å². The summed E-state index contributed by atoms with van der Waals surface area (Å²) >= 11 is 0. The number of imide groups is 2. The average molecular weight is 202 g/mol. The lowest BCUT2D eigenvalue weighted by Crippen LogP contribution is -2.46. The molecule has 0 aliphatic rings. The maximum Gasteiger partial charge on any atom is 0.318 e. The van der Waals surface area contributed by atoms with Gasteiger partial charge < -0.3 is 11.5 Å². The molecule has 0 bridgehead atoms. The molecule has 0 aliphatic carbocycles. The summed E-state index contributed by atoms with van der Waals surface area (Å²) in [7, 11) is 0. The number of rotatable bonds is 2. The van der Waals surface area contributed by atoms with Gasteiger partial charge in [-0.1, -0.05) is 0 Å². The van der Waals surface area contributed by atoms with Gasteiger partial charge in [0.15, 0.2) is 0 Å². The summed E-state index contributed by atoms with van der Waals surface area (Å²) in [4.78, 5) is 42.4. The van der Waals surface area contributed by atoms with Crippen molar-refractivity contribution in [2.75, 3.05) is 0 Å². The molecule has 6 amide bonds. The van der Waals surface area contributed by atoms with Gasteiger partial charge in [0.25, 0.3) is 0 Å². The molecule has 6 N–H and O–H groups in total. The Morgan fingerprint density at radius 1 is 0.929 bits per heavy atom. The minimum absolute atomic E-state index is 0.906. The van der Waals surface area contributed by atoms with Crippen LogP contribution in [0.2, 0.25) is 0 Å². The first-order valence-corrected chi connectivity index (χ1v) is 3.55. The molecular formula is C6H10N4O4. The van der Waals surface area contributed by atoms with Gasteiger partial charge in [0.05, 0.1) is 0 Å².